The van der Waals surface area contributed by atoms with E-state index in [4.69, 9.17) is 5.11 Å². The molecule has 1 atom stereocenters. The van der Waals surface area contributed by atoms with Crippen LogP contribution in [0.4, 0.5) is 0 Å². The van der Waals surface area contributed by atoms with Crippen LogP contribution in [-0.4, -0.2) is 11.1 Å². The first-order valence-corrected chi connectivity index (χ1v) is 4.93. The second-order valence-corrected chi connectivity index (χ2v) is 4.14. The van der Waals surface area contributed by atoms with Gasteiger partial charge < -0.3 is 5.11 Å². The Balaban J connectivity index is 3.26. The first-order valence-electron chi connectivity index (χ1n) is 4.14. The molecule has 0 unspecified atom stereocenters. The monoisotopic (exact) mass is 254 g/mol. The van der Waals surface area contributed by atoms with E-state index in [2.05, 4.69) is 22.5 Å². The van der Waals surface area contributed by atoms with Crippen molar-refractivity contribution in [2.24, 2.45) is 0 Å². The van der Waals surface area contributed by atoms with E-state index in [1.54, 1.807) is 19.1 Å². The van der Waals surface area contributed by atoms with Gasteiger partial charge in [-0.05, 0) is 24.6 Å². The van der Waals surface area contributed by atoms with E-state index in [9.17, 15) is 4.79 Å². The summed E-state index contributed by atoms with van der Waals surface area (Å²) in [4.78, 5) is 11.1. The van der Waals surface area contributed by atoms with E-state index in [1.807, 2.05) is 12.1 Å². The van der Waals surface area contributed by atoms with Crippen molar-refractivity contribution < 1.29 is 9.90 Å². The molecule has 0 aromatic heterocycles. The number of rotatable bonds is 3. The highest BCUT2D eigenvalue weighted by molar-refractivity contribution is 9.10. The lowest BCUT2D eigenvalue weighted by molar-refractivity contribution is -0.141. The molecule has 1 rings (SSSR count). The molecule has 3 heteroatoms. The highest BCUT2D eigenvalue weighted by Crippen LogP contribution is 2.27. The predicted molar refractivity (Wildman–Crippen MR) is 59.3 cm³/mol. The van der Waals surface area contributed by atoms with E-state index >= 15 is 0 Å². The molecule has 0 spiro atoms. The van der Waals surface area contributed by atoms with Crippen LogP contribution in [0.25, 0.3) is 0 Å². The normalized spacial score (nSPS) is 14.4. The van der Waals surface area contributed by atoms with Gasteiger partial charge in [-0.3, -0.25) is 4.79 Å². The number of halogens is 1. The molecule has 14 heavy (non-hydrogen) atoms. The third-order valence-corrected chi connectivity index (χ3v) is 2.77. The molecule has 1 N–H and O–H groups in total. The van der Waals surface area contributed by atoms with Crippen LogP contribution in [0.1, 0.15) is 12.5 Å². The quantitative estimate of drug-likeness (QED) is 0.843. The zero-order chi connectivity index (χ0) is 10.8. The Morgan fingerprint density at radius 2 is 2.29 bits per heavy atom. The summed E-state index contributed by atoms with van der Waals surface area (Å²) in [7, 11) is 0. The molecule has 0 bridgehead atoms. The number of carboxylic acids is 1. The Hall–Kier alpha value is -1.09. The molecule has 2 nitrogen and oxygen atoms in total. The van der Waals surface area contributed by atoms with E-state index in [1.165, 1.54) is 6.08 Å². The zero-order valence-corrected chi connectivity index (χ0v) is 9.41. The molecule has 0 aliphatic rings. The van der Waals surface area contributed by atoms with Crippen molar-refractivity contribution in [2.75, 3.05) is 0 Å². The van der Waals surface area contributed by atoms with Crippen molar-refractivity contribution in [1.29, 1.82) is 0 Å². The highest BCUT2D eigenvalue weighted by atomic mass is 79.9. The van der Waals surface area contributed by atoms with Gasteiger partial charge in [-0.2, -0.15) is 0 Å². The third kappa shape index (κ3) is 1.87. The molecule has 0 heterocycles. The van der Waals surface area contributed by atoms with E-state index < -0.39 is 11.4 Å². The van der Waals surface area contributed by atoms with Gasteiger partial charge in [0.05, 0.1) is 0 Å². The van der Waals surface area contributed by atoms with Gasteiger partial charge in [-0.25, -0.2) is 0 Å². The van der Waals surface area contributed by atoms with Crippen LogP contribution in [0.3, 0.4) is 0 Å². The molecular weight excluding hydrogens is 244 g/mol. The Morgan fingerprint density at radius 3 is 2.71 bits per heavy atom. The van der Waals surface area contributed by atoms with Gasteiger partial charge in [0.15, 0.2) is 0 Å². The van der Waals surface area contributed by atoms with Crippen molar-refractivity contribution in [3.05, 3.63) is 47.0 Å². The maximum Gasteiger partial charge on any atom is 0.317 e. The number of aliphatic carboxylic acids is 1. The Morgan fingerprint density at radius 1 is 1.64 bits per heavy atom. The average Bonchev–Trinajstić information content (AvgIpc) is 2.16. The van der Waals surface area contributed by atoms with Crippen molar-refractivity contribution >= 4 is 21.9 Å². The van der Waals surface area contributed by atoms with Crippen molar-refractivity contribution in [1.82, 2.24) is 0 Å². The molecule has 0 aliphatic carbocycles. The molecule has 0 saturated heterocycles. The fraction of sp³-hybridized carbons (Fsp3) is 0.182. The molecule has 0 fully saturated rings. The van der Waals surface area contributed by atoms with Crippen LogP contribution in [-0.2, 0) is 10.2 Å². The summed E-state index contributed by atoms with van der Waals surface area (Å²) in [5.41, 5.74) is -0.307. The van der Waals surface area contributed by atoms with Crippen LogP contribution < -0.4 is 0 Å². The summed E-state index contributed by atoms with van der Waals surface area (Å²) in [6.45, 7) is 5.19. The van der Waals surface area contributed by atoms with Crippen LogP contribution in [0.15, 0.2) is 41.4 Å². The van der Waals surface area contributed by atoms with Crippen molar-refractivity contribution in [3.63, 3.8) is 0 Å². The first kappa shape index (κ1) is 11.0. The number of hydrogen-bond acceptors (Lipinski definition) is 1. The Bertz CT molecular complexity index is 373. The summed E-state index contributed by atoms with van der Waals surface area (Å²) in [5.74, 6) is -0.898. The summed E-state index contributed by atoms with van der Waals surface area (Å²) in [6, 6.07) is 7.23. The highest BCUT2D eigenvalue weighted by Gasteiger charge is 2.31. The van der Waals surface area contributed by atoms with Crippen molar-refractivity contribution in [2.45, 2.75) is 12.3 Å². The molecule has 0 saturated carbocycles. The minimum atomic E-state index is -1.02. The van der Waals surface area contributed by atoms with Gasteiger partial charge in [0.2, 0.25) is 0 Å². The lowest BCUT2D eigenvalue weighted by Gasteiger charge is -2.20. The Kier molecular flexibility index (Phi) is 3.11. The van der Waals surface area contributed by atoms with Crippen LogP contribution in [0.5, 0.6) is 0 Å². The van der Waals surface area contributed by atoms with Gasteiger partial charge in [0.25, 0.3) is 0 Å². The summed E-state index contributed by atoms with van der Waals surface area (Å²) >= 11 is 3.31. The Labute approximate surface area is 91.4 Å². The minimum absolute atomic E-state index is 0.717. The van der Waals surface area contributed by atoms with Crippen LogP contribution >= 0.6 is 15.9 Å². The number of carbonyl (C=O) groups is 1. The van der Waals surface area contributed by atoms with Gasteiger partial charge >= 0.3 is 5.97 Å². The minimum Gasteiger partial charge on any atom is -0.480 e. The van der Waals surface area contributed by atoms with Gasteiger partial charge in [0, 0.05) is 4.47 Å². The zero-order valence-electron chi connectivity index (χ0n) is 7.83. The molecule has 0 amide bonds. The second kappa shape index (κ2) is 3.96. The smallest absolute Gasteiger partial charge is 0.317 e. The standard InChI is InChI=1S/C11H11BrO2/c1-3-11(2,10(13)14)8-5-4-6-9(12)7-8/h3-7H,1H2,2H3,(H,13,14)/t11-/m0/s1. The summed E-state index contributed by atoms with van der Waals surface area (Å²) in [5, 5.41) is 9.09. The lowest BCUT2D eigenvalue weighted by Crippen LogP contribution is -2.29. The topological polar surface area (TPSA) is 37.3 Å². The van der Waals surface area contributed by atoms with Gasteiger partial charge in [-0.1, -0.05) is 34.1 Å². The molecule has 74 valence electrons. The number of benzene rings is 1. The van der Waals surface area contributed by atoms with Gasteiger partial charge in [0.1, 0.15) is 5.41 Å². The van der Waals surface area contributed by atoms with Crippen LogP contribution in [0.2, 0.25) is 0 Å². The SMILES string of the molecule is C=C[C@](C)(C(=O)O)c1cccc(Br)c1. The molecule has 1 aromatic rings. The molecular formula is C11H11BrO2. The van der Waals surface area contributed by atoms with E-state index in [0.29, 0.717) is 0 Å². The molecule has 0 aliphatic heterocycles. The van der Waals surface area contributed by atoms with Crippen LogP contribution in [0, 0.1) is 0 Å². The lowest BCUT2D eigenvalue weighted by atomic mass is 9.83. The summed E-state index contributed by atoms with van der Waals surface area (Å²) in [6.07, 6.45) is 1.44. The maximum atomic E-state index is 11.1. The first-order chi connectivity index (χ1) is 6.50. The van der Waals surface area contributed by atoms with Gasteiger partial charge in [-0.15, -0.1) is 6.58 Å². The fourth-order valence-electron chi connectivity index (χ4n) is 1.14. The summed E-state index contributed by atoms with van der Waals surface area (Å²) < 4.78 is 0.865. The number of carboxylic acid groups (broad SMARTS) is 1. The number of hydrogen-bond donors (Lipinski definition) is 1. The fourth-order valence-corrected chi connectivity index (χ4v) is 1.54. The van der Waals surface area contributed by atoms with E-state index in [-0.39, 0.29) is 0 Å². The maximum absolute atomic E-state index is 11.1. The third-order valence-electron chi connectivity index (χ3n) is 2.28. The second-order valence-electron chi connectivity index (χ2n) is 3.22. The molecule has 1 aromatic carbocycles. The largest absolute Gasteiger partial charge is 0.480 e. The predicted octanol–water partition coefficient (Wildman–Crippen LogP) is 2.98. The van der Waals surface area contributed by atoms with Crippen molar-refractivity contribution in [3.8, 4) is 0 Å². The average molecular weight is 255 g/mol. The van der Waals surface area contributed by atoms with E-state index in [0.717, 1.165) is 10.0 Å². The molecule has 0 radical (unpaired) electrons.